The van der Waals surface area contributed by atoms with Crippen LogP contribution in [0.2, 0.25) is 0 Å². The van der Waals surface area contributed by atoms with Gasteiger partial charge in [-0.1, -0.05) is 30.3 Å². The Labute approximate surface area is 245 Å². The molecule has 11 nitrogen and oxygen atoms in total. The largest absolute Gasteiger partial charge is 0.488 e. The van der Waals surface area contributed by atoms with Gasteiger partial charge < -0.3 is 24.4 Å². The van der Waals surface area contributed by atoms with Crippen LogP contribution in [0.25, 0.3) is 0 Å². The van der Waals surface area contributed by atoms with Gasteiger partial charge in [-0.3, -0.25) is 24.6 Å². The van der Waals surface area contributed by atoms with Crippen molar-refractivity contribution in [2.45, 2.75) is 71.5 Å². The van der Waals surface area contributed by atoms with Crippen LogP contribution in [0.15, 0.2) is 36.4 Å². The minimum Gasteiger partial charge on any atom is -0.488 e. The Morgan fingerprint density at radius 1 is 1.05 bits per heavy atom. The van der Waals surface area contributed by atoms with Gasteiger partial charge in [0.25, 0.3) is 5.91 Å². The second-order valence-electron chi connectivity index (χ2n) is 11.8. The van der Waals surface area contributed by atoms with E-state index in [2.05, 4.69) is 27.7 Å². The number of ether oxygens (including phenoxy) is 3. The topological polar surface area (TPSA) is 127 Å². The van der Waals surface area contributed by atoms with Gasteiger partial charge in [0.2, 0.25) is 11.8 Å². The fraction of sp³-hybridized carbons (Fsp3) is 0.484. The summed E-state index contributed by atoms with van der Waals surface area (Å²) in [6.45, 7) is 10.1. The van der Waals surface area contributed by atoms with Crippen molar-refractivity contribution in [1.29, 1.82) is 0 Å². The molecule has 4 amide bonds. The van der Waals surface area contributed by atoms with Crippen LogP contribution in [0.4, 0.5) is 4.79 Å². The lowest BCUT2D eigenvalue weighted by molar-refractivity contribution is -0.136. The van der Waals surface area contributed by atoms with Crippen molar-refractivity contribution in [3.8, 4) is 5.75 Å². The van der Waals surface area contributed by atoms with E-state index >= 15 is 0 Å². The summed E-state index contributed by atoms with van der Waals surface area (Å²) in [6.07, 6.45) is -0.122. The van der Waals surface area contributed by atoms with Gasteiger partial charge in [-0.05, 0) is 44.4 Å². The second-order valence-corrected chi connectivity index (χ2v) is 11.8. The Hall–Kier alpha value is -3.96. The molecule has 0 spiro atoms. The van der Waals surface area contributed by atoms with Crippen LogP contribution in [-0.2, 0) is 45.3 Å². The standard InChI is InChI=1S/C31H38N4O7/c1-31(2,3)42-30(39)32-16-22-8-9-23-24(18-35(29(23)38)25-10-11-26(36)33-28(25)37)27(22)41-19-21-6-4-20(5-7-21)17-34-12-14-40-15-13-34/h4-9,25H,10-19H2,1-3H3,(H,32,39)(H,33,36,37)/t25-/m0/s1. The van der Waals surface area contributed by atoms with Crippen LogP contribution in [0.1, 0.15) is 66.2 Å². The highest BCUT2D eigenvalue weighted by Gasteiger charge is 2.40. The van der Waals surface area contributed by atoms with Crippen LogP contribution in [0, 0.1) is 0 Å². The predicted octanol–water partition coefficient (Wildman–Crippen LogP) is 2.88. The summed E-state index contributed by atoms with van der Waals surface area (Å²) in [7, 11) is 0. The molecule has 11 heteroatoms. The van der Waals surface area contributed by atoms with Gasteiger partial charge in [0, 0.05) is 49.3 Å². The van der Waals surface area contributed by atoms with Gasteiger partial charge in [0.1, 0.15) is 24.0 Å². The molecule has 5 rings (SSSR count). The molecule has 3 aliphatic heterocycles. The first-order chi connectivity index (χ1) is 20.1. The maximum absolute atomic E-state index is 13.4. The lowest BCUT2D eigenvalue weighted by Crippen LogP contribution is -2.52. The molecule has 3 heterocycles. The van der Waals surface area contributed by atoms with E-state index in [1.807, 2.05) is 12.1 Å². The van der Waals surface area contributed by atoms with Gasteiger partial charge in [-0.2, -0.15) is 0 Å². The molecule has 3 aliphatic rings. The van der Waals surface area contributed by atoms with Gasteiger partial charge in [-0.15, -0.1) is 0 Å². The van der Waals surface area contributed by atoms with Gasteiger partial charge >= 0.3 is 6.09 Å². The van der Waals surface area contributed by atoms with E-state index in [-0.39, 0.29) is 44.4 Å². The highest BCUT2D eigenvalue weighted by Crippen LogP contribution is 2.37. The van der Waals surface area contributed by atoms with Gasteiger partial charge in [-0.25, -0.2) is 4.79 Å². The molecule has 2 N–H and O–H groups in total. The first-order valence-corrected chi connectivity index (χ1v) is 14.3. The number of morpholine rings is 1. The third-order valence-electron chi connectivity index (χ3n) is 7.49. The third kappa shape index (κ3) is 7.08. The quantitative estimate of drug-likeness (QED) is 0.458. The van der Waals surface area contributed by atoms with Crippen molar-refractivity contribution < 1.29 is 33.4 Å². The van der Waals surface area contributed by atoms with Crippen molar-refractivity contribution in [3.05, 3.63) is 64.2 Å². The molecule has 224 valence electrons. The highest BCUT2D eigenvalue weighted by atomic mass is 16.6. The van der Waals surface area contributed by atoms with Crippen LogP contribution in [0.5, 0.6) is 5.75 Å². The molecule has 2 saturated heterocycles. The summed E-state index contributed by atoms with van der Waals surface area (Å²) in [5.41, 5.74) is 3.28. The number of imide groups is 1. The predicted molar refractivity (Wildman–Crippen MR) is 152 cm³/mol. The first-order valence-electron chi connectivity index (χ1n) is 14.3. The monoisotopic (exact) mass is 578 g/mol. The zero-order chi connectivity index (χ0) is 29.9. The first kappa shape index (κ1) is 29.5. The average molecular weight is 579 g/mol. The van der Waals surface area contributed by atoms with Crippen molar-refractivity contribution in [1.82, 2.24) is 20.4 Å². The molecule has 0 saturated carbocycles. The molecule has 2 aromatic rings. The van der Waals surface area contributed by atoms with E-state index in [1.165, 1.54) is 10.5 Å². The lowest BCUT2D eigenvalue weighted by atomic mass is 10.0. The number of nitrogens with zero attached hydrogens (tertiary/aromatic N) is 2. The maximum Gasteiger partial charge on any atom is 0.407 e. The summed E-state index contributed by atoms with van der Waals surface area (Å²) < 4.78 is 17.2. The molecule has 0 aliphatic carbocycles. The number of hydrogen-bond donors (Lipinski definition) is 2. The maximum atomic E-state index is 13.4. The highest BCUT2D eigenvalue weighted by molar-refractivity contribution is 6.05. The summed E-state index contributed by atoms with van der Waals surface area (Å²) in [6, 6.07) is 10.9. The molecular formula is C31H38N4O7. The molecule has 42 heavy (non-hydrogen) atoms. The van der Waals surface area contributed by atoms with E-state index in [0.29, 0.717) is 22.4 Å². The number of benzene rings is 2. The smallest absolute Gasteiger partial charge is 0.407 e. The minimum atomic E-state index is -0.738. The van der Waals surface area contributed by atoms with Crippen molar-refractivity contribution >= 4 is 23.8 Å². The Balaban J connectivity index is 1.34. The molecule has 0 bridgehead atoms. The Bertz CT molecular complexity index is 1350. The summed E-state index contributed by atoms with van der Waals surface area (Å²) >= 11 is 0. The number of rotatable bonds is 8. The van der Waals surface area contributed by atoms with Crippen molar-refractivity contribution in [2.75, 3.05) is 26.3 Å². The van der Waals surface area contributed by atoms with E-state index < -0.39 is 23.6 Å². The van der Waals surface area contributed by atoms with Gasteiger partial charge in [0.15, 0.2) is 0 Å². The molecule has 2 aromatic carbocycles. The van der Waals surface area contributed by atoms with E-state index in [0.717, 1.165) is 38.4 Å². The van der Waals surface area contributed by atoms with Gasteiger partial charge in [0.05, 0.1) is 19.8 Å². The fourth-order valence-corrected chi connectivity index (χ4v) is 5.38. The number of alkyl carbamates (subject to hydrolysis) is 1. The number of carbonyl (C=O) groups excluding carboxylic acids is 4. The summed E-state index contributed by atoms with van der Waals surface area (Å²) in [4.78, 5) is 53.9. The summed E-state index contributed by atoms with van der Waals surface area (Å²) in [5.74, 6) is -0.609. The SMILES string of the molecule is CC(C)(C)OC(=O)NCc1ccc2c(c1OCc1ccc(CN3CCOCC3)cc1)CN([C@H]1CCC(=O)NC1=O)C2=O. The normalized spacial score (nSPS) is 19.4. The summed E-state index contributed by atoms with van der Waals surface area (Å²) in [5, 5.41) is 5.11. The molecule has 2 fully saturated rings. The Morgan fingerprint density at radius 3 is 2.45 bits per heavy atom. The minimum absolute atomic E-state index is 0.128. The molecule has 0 radical (unpaired) electrons. The van der Waals surface area contributed by atoms with E-state index in [1.54, 1.807) is 32.9 Å². The molecule has 0 unspecified atom stereocenters. The fourth-order valence-electron chi connectivity index (χ4n) is 5.38. The zero-order valence-corrected chi connectivity index (χ0v) is 24.4. The number of hydrogen-bond acceptors (Lipinski definition) is 8. The molecule has 0 aromatic heterocycles. The van der Waals surface area contributed by atoms with Crippen LogP contribution in [0.3, 0.4) is 0 Å². The van der Waals surface area contributed by atoms with E-state index in [9.17, 15) is 19.2 Å². The van der Waals surface area contributed by atoms with Crippen molar-refractivity contribution in [3.63, 3.8) is 0 Å². The van der Waals surface area contributed by atoms with Crippen LogP contribution >= 0.6 is 0 Å². The third-order valence-corrected chi connectivity index (χ3v) is 7.49. The van der Waals surface area contributed by atoms with Crippen LogP contribution < -0.4 is 15.4 Å². The molecule has 1 atom stereocenters. The average Bonchev–Trinajstić information content (AvgIpc) is 3.27. The lowest BCUT2D eigenvalue weighted by Gasteiger charge is -2.29. The second kappa shape index (κ2) is 12.5. The zero-order valence-electron chi connectivity index (χ0n) is 24.4. The van der Waals surface area contributed by atoms with Crippen molar-refractivity contribution in [2.24, 2.45) is 0 Å². The number of carbonyl (C=O) groups is 4. The van der Waals surface area contributed by atoms with E-state index in [4.69, 9.17) is 14.2 Å². The Kier molecular flexibility index (Phi) is 8.79. The number of piperidine rings is 1. The van der Waals surface area contributed by atoms with Crippen LogP contribution in [-0.4, -0.2) is 71.6 Å². The number of amides is 4. The number of fused-ring (bicyclic) bond motifs is 1. The molecular weight excluding hydrogens is 540 g/mol. The number of nitrogens with one attached hydrogen (secondary N) is 2. The Morgan fingerprint density at radius 2 is 1.76 bits per heavy atom.